The number of ether oxygens (including phenoxy) is 2. The van der Waals surface area contributed by atoms with Crippen LogP contribution in [0.2, 0.25) is 0 Å². The van der Waals surface area contributed by atoms with E-state index in [1.54, 1.807) is 17.0 Å². The van der Waals surface area contributed by atoms with Crippen LogP contribution in [-0.2, 0) is 15.0 Å². The quantitative estimate of drug-likeness (QED) is 0.313. The van der Waals surface area contributed by atoms with Gasteiger partial charge in [0.15, 0.2) is 17.3 Å². The molecule has 3 heterocycles. The number of amides is 1. The molecule has 6 rings (SSSR count). The van der Waals surface area contributed by atoms with Crippen LogP contribution in [0.1, 0.15) is 91.2 Å². The molecule has 8 heteroatoms. The van der Waals surface area contributed by atoms with E-state index in [0.717, 1.165) is 43.2 Å². The van der Waals surface area contributed by atoms with Gasteiger partial charge in [-0.05, 0) is 58.5 Å². The smallest absolute Gasteiger partial charge is 0.327 e. The van der Waals surface area contributed by atoms with Gasteiger partial charge in [0.05, 0.1) is 16.8 Å². The van der Waals surface area contributed by atoms with Crippen molar-refractivity contribution < 1.29 is 29.0 Å². The van der Waals surface area contributed by atoms with Gasteiger partial charge in [0.25, 0.3) is 0 Å². The van der Waals surface area contributed by atoms with Gasteiger partial charge in [0.1, 0.15) is 6.04 Å². The second-order valence-corrected chi connectivity index (χ2v) is 13.6. The van der Waals surface area contributed by atoms with Crippen molar-refractivity contribution in [2.24, 2.45) is 11.8 Å². The van der Waals surface area contributed by atoms with Gasteiger partial charge in [-0.1, -0.05) is 76.4 Å². The molecule has 3 aliphatic rings. The molecule has 1 amide bonds. The molecule has 220 valence electrons. The highest BCUT2D eigenvalue weighted by atomic mass is 32.1. The second kappa shape index (κ2) is 11.2. The molecule has 1 aliphatic carbocycles. The highest BCUT2D eigenvalue weighted by Crippen LogP contribution is 2.53. The van der Waals surface area contributed by atoms with E-state index >= 15 is 0 Å². The van der Waals surface area contributed by atoms with Crippen molar-refractivity contribution in [3.05, 3.63) is 81.5 Å². The molecule has 2 aromatic carbocycles. The Morgan fingerprint density at radius 2 is 1.60 bits per heavy atom. The molecule has 7 nitrogen and oxygen atoms in total. The number of carboxylic acids is 1. The number of hydrogen-bond acceptors (Lipinski definition) is 6. The first-order valence-electron chi connectivity index (χ1n) is 14.8. The predicted octanol–water partition coefficient (Wildman–Crippen LogP) is 6.97. The van der Waals surface area contributed by atoms with Crippen LogP contribution in [0.4, 0.5) is 0 Å². The molecule has 1 saturated carbocycles. The molecule has 0 spiro atoms. The molecular weight excluding hydrogens is 550 g/mol. The number of benzene rings is 2. The van der Waals surface area contributed by atoms with Crippen LogP contribution < -0.4 is 9.47 Å². The summed E-state index contributed by atoms with van der Waals surface area (Å²) in [5.41, 5.74) is 2.44. The van der Waals surface area contributed by atoms with E-state index in [0.29, 0.717) is 21.9 Å². The monoisotopic (exact) mass is 587 g/mol. The number of Topliss-reactive ketones (excluding diaryl/α,β-unsaturated/α-hetero) is 1. The van der Waals surface area contributed by atoms with Crippen molar-refractivity contribution >= 4 is 29.0 Å². The fourth-order valence-electron chi connectivity index (χ4n) is 6.97. The lowest BCUT2D eigenvalue weighted by Crippen LogP contribution is -2.46. The lowest BCUT2D eigenvalue weighted by Gasteiger charge is -2.34. The highest BCUT2D eigenvalue weighted by molar-refractivity contribution is 7.12. The Morgan fingerprint density at radius 3 is 2.24 bits per heavy atom. The third-order valence-corrected chi connectivity index (χ3v) is 9.98. The summed E-state index contributed by atoms with van der Waals surface area (Å²) in [5.74, 6) is -2.12. The normalized spacial score (nSPS) is 24.1. The fraction of sp³-hybridized carbons (Fsp3) is 0.441. The Kier molecular flexibility index (Phi) is 7.60. The van der Waals surface area contributed by atoms with Gasteiger partial charge in [-0.25, -0.2) is 4.79 Å². The molecule has 3 aromatic rings. The Balaban J connectivity index is 1.55. The van der Waals surface area contributed by atoms with Crippen LogP contribution in [0.5, 0.6) is 11.5 Å². The largest absolute Gasteiger partial charge is 0.480 e. The lowest BCUT2D eigenvalue weighted by atomic mass is 9.76. The maximum Gasteiger partial charge on any atom is 0.327 e. The van der Waals surface area contributed by atoms with Gasteiger partial charge in [0.2, 0.25) is 12.7 Å². The maximum absolute atomic E-state index is 14.5. The zero-order chi connectivity index (χ0) is 29.6. The molecule has 2 fully saturated rings. The summed E-state index contributed by atoms with van der Waals surface area (Å²) in [6.07, 6.45) is 4.39. The first-order chi connectivity index (χ1) is 20.1. The van der Waals surface area contributed by atoms with Crippen LogP contribution >= 0.6 is 11.3 Å². The Morgan fingerprint density at radius 1 is 0.905 bits per heavy atom. The Hall–Kier alpha value is -3.65. The topological polar surface area (TPSA) is 93.1 Å². The number of aliphatic carboxylic acids is 1. The Labute approximate surface area is 250 Å². The average molecular weight is 588 g/mol. The molecule has 1 aromatic heterocycles. The minimum absolute atomic E-state index is 0.0895. The molecule has 42 heavy (non-hydrogen) atoms. The number of ketones is 1. The van der Waals surface area contributed by atoms with Crippen LogP contribution in [0.25, 0.3) is 0 Å². The van der Waals surface area contributed by atoms with E-state index in [2.05, 4.69) is 20.8 Å². The summed E-state index contributed by atoms with van der Waals surface area (Å²) in [4.78, 5) is 44.3. The van der Waals surface area contributed by atoms with Crippen LogP contribution in [-0.4, -0.2) is 40.5 Å². The number of carbonyl (C=O) groups excluding carboxylic acids is 2. The standard InChI is InChI=1S/C34H37NO6S/c1-34(2,3)23-14-11-20(12-15-23)27-28(31(36)26-10-7-17-42-26)29(22-13-16-24-25(18-22)41-19-40-24)35(30(27)33(38)39)32(37)21-8-5-4-6-9-21/h7,10-18,21,27-30H,4-6,8-9,19H2,1-3H3,(H,38,39). The van der Waals surface area contributed by atoms with Crippen LogP contribution in [0.3, 0.4) is 0 Å². The zero-order valence-electron chi connectivity index (χ0n) is 24.2. The molecule has 4 atom stereocenters. The average Bonchev–Trinajstić information content (AvgIpc) is 3.75. The van der Waals surface area contributed by atoms with E-state index in [1.807, 2.05) is 47.8 Å². The molecule has 2 aliphatic heterocycles. The third kappa shape index (κ3) is 5.10. The summed E-state index contributed by atoms with van der Waals surface area (Å²) in [6.45, 7) is 6.47. The fourth-order valence-corrected chi connectivity index (χ4v) is 7.68. The Bertz CT molecular complexity index is 1470. The van der Waals surface area contributed by atoms with Crippen molar-refractivity contribution in [2.45, 2.75) is 76.3 Å². The van der Waals surface area contributed by atoms with Crippen LogP contribution in [0, 0.1) is 11.8 Å². The summed E-state index contributed by atoms with van der Waals surface area (Å²) in [7, 11) is 0. The number of rotatable bonds is 6. The van der Waals surface area contributed by atoms with Gasteiger partial charge in [-0.2, -0.15) is 0 Å². The number of nitrogens with zero attached hydrogens (tertiary/aromatic N) is 1. The molecule has 1 saturated heterocycles. The molecule has 0 bridgehead atoms. The lowest BCUT2D eigenvalue weighted by molar-refractivity contribution is -0.152. The van der Waals surface area contributed by atoms with Gasteiger partial charge in [-0.15, -0.1) is 11.3 Å². The number of likely N-dealkylation sites (tertiary alicyclic amines) is 1. The van der Waals surface area contributed by atoms with Crippen molar-refractivity contribution in [3.63, 3.8) is 0 Å². The maximum atomic E-state index is 14.5. The van der Waals surface area contributed by atoms with E-state index in [1.165, 1.54) is 11.3 Å². The summed E-state index contributed by atoms with van der Waals surface area (Å²) in [5, 5.41) is 12.7. The van der Waals surface area contributed by atoms with Crippen molar-refractivity contribution in [2.75, 3.05) is 6.79 Å². The van der Waals surface area contributed by atoms with Crippen molar-refractivity contribution in [3.8, 4) is 11.5 Å². The van der Waals surface area contributed by atoms with Crippen LogP contribution in [0.15, 0.2) is 60.0 Å². The van der Waals surface area contributed by atoms with E-state index in [-0.39, 0.29) is 29.8 Å². The summed E-state index contributed by atoms with van der Waals surface area (Å²) < 4.78 is 11.2. The molecule has 1 N–H and O–H groups in total. The SMILES string of the molecule is CC(C)(C)c1ccc(C2C(C(=O)c3cccs3)C(c3ccc4c(c3)OCO4)N(C(=O)C3CCCCC3)C2C(=O)O)cc1. The molecule has 4 unspecified atom stereocenters. The number of carboxylic acid groups (broad SMARTS) is 1. The highest BCUT2D eigenvalue weighted by Gasteiger charge is 2.58. The number of thiophene rings is 1. The van der Waals surface area contributed by atoms with Crippen molar-refractivity contribution in [1.82, 2.24) is 4.90 Å². The molecule has 0 radical (unpaired) electrons. The first kappa shape index (κ1) is 28.5. The first-order valence-corrected chi connectivity index (χ1v) is 15.7. The molecular formula is C34H37NO6S. The number of fused-ring (bicyclic) bond motifs is 1. The van der Waals surface area contributed by atoms with E-state index in [9.17, 15) is 19.5 Å². The third-order valence-electron chi connectivity index (χ3n) is 9.10. The minimum atomic E-state index is -1.20. The van der Waals surface area contributed by atoms with Gasteiger partial charge < -0.3 is 19.5 Å². The second-order valence-electron chi connectivity index (χ2n) is 12.7. The van der Waals surface area contributed by atoms with Gasteiger partial charge >= 0.3 is 5.97 Å². The van der Waals surface area contributed by atoms with Crippen molar-refractivity contribution in [1.29, 1.82) is 0 Å². The van der Waals surface area contributed by atoms with Gasteiger partial charge in [-0.3, -0.25) is 9.59 Å². The number of hydrogen-bond donors (Lipinski definition) is 1. The van der Waals surface area contributed by atoms with E-state index in [4.69, 9.17) is 9.47 Å². The zero-order valence-corrected chi connectivity index (χ0v) is 25.1. The summed E-state index contributed by atoms with van der Waals surface area (Å²) in [6, 6.07) is 15.0. The number of carbonyl (C=O) groups is 3. The minimum Gasteiger partial charge on any atom is -0.480 e. The van der Waals surface area contributed by atoms with Gasteiger partial charge in [0, 0.05) is 11.8 Å². The predicted molar refractivity (Wildman–Crippen MR) is 160 cm³/mol. The summed E-state index contributed by atoms with van der Waals surface area (Å²) >= 11 is 1.34. The van der Waals surface area contributed by atoms with E-state index < -0.39 is 29.9 Å².